The van der Waals surface area contributed by atoms with Crippen molar-refractivity contribution in [1.82, 2.24) is 9.97 Å². The maximum atomic E-state index is 5.34. The van der Waals surface area contributed by atoms with Crippen molar-refractivity contribution in [3.05, 3.63) is 157 Å². The molecule has 8 aromatic rings. The molecule has 0 spiro atoms. The lowest BCUT2D eigenvalue weighted by molar-refractivity contribution is 0.648. The lowest BCUT2D eigenvalue weighted by Crippen LogP contribution is -2.20. The molecule has 3 nitrogen and oxygen atoms in total. The summed E-state index contributed by atoms with van der Waals surface area (Å²) in [4.78, 5) is 10.6. The summed E-state index contributed by atoms with van der Waals surface area (Å²) in [5.41, 5.74) is 10.7. The van der Waals surface area contributed by atoms with Crippen LogP contribution in [-0.4, -0.2) is 9.97 Å². The predicted molar refractivity (Wildman–Crippen MR) is 193 cm³/mol. The molecule has 46 heavy (non-hydrogen) atoms. The Hall–Kier alpha value is -5.80. The van der Waals surface area contributed by atoms with E-state index in [1.54, 1.807) is 0 Å². The zero-order valence-electron chi connectivity index (χ0n) is 25.8. The first-order valence-electron chi connectivity index (χ1n) is 15.8. The van der Waals surface area contributed by atoms with Crippen LogP contribution >= 0.6 is 0 Å². The van der Waals surface area contributed by atoms with Crippen molar-refractivity contribution in [2.24, 2.45) is 0 Å². The number of fused-ring (bicyclic) bond motifs is 8. The highest BCUT2D eigenvalue weighted by atomic mass is 14.9. The van der Waals surface area contributed by atoms with Crippen LogP contribution < -0.4 is 5.32 Å². The van der Waals surface area contributed by atoms with Crippen molar-refractivity contribution >= 4 is 43.8 Å². The molecule has 0 aliphatic carbocycles. The molecule has 0 radical (unpaired) electrons. The number of hydrogen-bond donors (Lipinski definition) is 1. The fourth-order valence-corrected chi connectivity index (χ4v) is 7.22. The van der Waals surface area contributed by atoms with Crippen molar-refractivity contribution in [1.29, 1.82) is 0 Å². The van der Waals surface area contributed by atoms with Crippen molar-refractivity contribution in [2.45, 2.75) is 19.3 Å². The first kappa shape index (κ1) is 26.6. The third-order valence-corrected chi connectivity index (χ3v) is 9.64. The Morgan fingerprint density at radius 1 is 0.522 bits per heavy atom. The maximum Gasteiger partial charge on any atom is 0.161 e. The van der Waals surface area contributed by atoms with Crippen LogP contribution in [0.15, 0.2) is 146 Å². The third-order valence-electron chi connectivity index (χ3n) is 9.64. The van der Waals surface area contributed by atoms with E-state index in [4.69, 9.17) is 9.97 Å². The molecule has 0 amide bonds. The van der Waals surface area contributed by atoms with E-state index >= 15 is 0 Å². The van der Waals surface area contributed by atoms with E-state index in [-0.39, 0.29) is 5.41 Å². The fraction of sp³-hybridized carbons (Fsp3) is 0.0698. The number of hydrogen-bond acceptors (Lipinski definition) is 3. The Morgan fingerprint density at radius 2 is 1.24 bits per heavy atom. The number of rotatable bonds is 2. The highest BCUT2D eigenvalue weighted by Gasteiger charge is 2.29. The minimum Gasteiger partial charge on any atom is -0.355 e. The second-order valence-electron chi connectivity index (χ2n) is 12.7. The van der Waals surface area contributed by atoms with Gasteiger partial charge < -0.3 is 5.32 Å². The van der Waals surface area contributed by atoms with Gasteiger partial charge in [0.2, 0.25) is 0 Å². The SMILES string of the molecule is CC1(C)c2cc(-c3nc(-c4ccccc4)c4ccccc4n3)c3cccc(c3c2)-c2ccccc2Nc2cc1c1ccccc1c2. The Balaban J connectivity index is 1.42. The first-order chi connectivity index (χ1) is 22.5. The predicted octanol–water partition coefficient (Wildman–Crippen LogP) is 11.3. The van der Waals surface area contributed by atoms with Gasteiger partial charge >= 0.3 is 0 Å². The van der Waals surface area contributed by atoms with E-state index in [0.29, 0.717) is 0 Å². The molecule has 3 heteroatoms. The standard InChI is InChI=1S/C43H31N3/c1-43(2)29-24-36-32(34-17-8-10-21-39(34)44-30-23-28-15-6-7-16-31(28)38(43)26-30)19-12-20-33(36)37(25-29)42-45-40-22-11-9-18-35(40)41(46-42)27-13-4-3-5-14-27/h3-26,44H,1-2H3. The van der Waals surface area contributed by atoms with Crippen LogP contribution in [0.3, 0.4) is 0 Å². The second-order valence-corrected chi connectivity index (χ2v) is 12.7. The monoisotopic (exact) mass is 589 g/mol. The third kappa shape index (κ3) is 4.13. The smallest absolute Gasteiger partial charge is 0.161 e. The number of para-hydroxylation sites is 2. The fourth-order valence-electron chi connectivity index (χ4n) is 7.22. The van der Waals surface area contributed by atoms with Gasteiger partial charge in [0.15, 0.2) is 5.82 Å². The van der Waals surface area contributed by atoms with Crippen molar-refractivity contribution < 1.29 is 0 Å². The van der Waals surface area contributed by atoms with Gasteiger partial charge in [-0.05, 0) is 74.6 Å². The summed E-state index contributed by atoms with van der Waals surface area (Å²) in [6.45, 7) is 4.68. The van der Waals surface area contributed by atoms with Gasteiger partial charge in [-0.2, -0.15) is 0 Å². The molecule has 0 atom stereocenters. The van der Waals surface area contributed by atoms with Crippen molar-refractivity contribution in [2.75, 3.05) is 5.32 Å². The van der Waals surface area contributed by atoms with Gasteiger partial charge in [0, 0.05) is 38.9 Å². The summed E-state index contributed by atoms with van der Waals surface area (Å²) in [6, 6.07) is 52.1. The summed E-state index contributed by atoms with van der Waals surface area (Å²) < 4.78 is 0. The molecule has 9 rings (SSSR count). The van der Waals surface area contributed by atoms with Gasteiger partial charge in [-0.15, -0.1) is 0 Å². The van der Waals surface area contributed by atoms with Crippen LogP contribution in [0.5, 0.6) is 0 Å². The lowest BCUT2D eigenvalue weighted by Gasteiger charge is -2.29. The number of anilines is 2. The number of benzene rings is 7. The van der Waals surface area contributed by atoms with Crippen LogP contribution in [0.25, 0.3) is 66.2 Å². The molecule has 0 unspecified atom stereocenters. The first-order valence-corrected chi connectivity index (χ1v) is 15.8. The molecule has 218 valence electrons. The molecule has 4 bridgehead atoms. The van der Waals surface area contributed by atoms with Crippen molar-refractivity contribution in [3.63, 3.8) is 0 Å². The minimum atomic E-state index is -0.330. The molecule has 0 fully saturated rings. The topological polar surface area (TPSA) is 37.8 Å². The Morgan fingerprint density at radius 3 is 2.13 bits per heavy atom. The van der Waals surface area contributed by atoms with E-state index in [9.17, 15) is 0 Å². The summed E-state index contributed by atoms with van der Waals surface area (Å²) in [6.07, 6.45) is 0. The largest absolute Gasteiger partial charge is 0.355 e. The number of nitrogens with zero attached hydrogens (tertiary/aromatic N) is 2. The summed E-state index contributed by atoms with van der Waals surface area (Å²) >= 11 is 0. The Bertz CT molecular complexity index is 2480. The Kier molecular flexibility index (Phi) is 5.85. The highest BCUT2D eigenvalue weighted by Crippen LogP contribution is 2.46. The van der Waals surface area contributed by atoms with Gasteiger partial charge in [-0.25, -0.2) is 9.97 Å². The molecule has 7 aromatic carbocycles. The average Bonchev–Trinajstić information content (AvgIpc) is 3.11. The van der Waals surface area contributed by atoms with Crippen LogP contribution in [0.1, 0.15) is 25.0 Å². The summed E-state index contributed by atoms with van der Waals surface area (Å²) in [5.74, 6) is 0.734. The van der Waals surface area contributed by atoms with Gasteiger partial charge in [0.05, 0.1) is 11.2 Å². The second kappa shape index (κ2) is 10.1. The van der Waals surface area contributed by atoms with Crippen LogP contribution in [-0.2, 0) is 5.41 Å². The molecular weight excluding hydrogens is 558 g/mol. The molecule has 1 N–H and O–H groups in total. The normalized spacial score (nSPS) is 13.3. The van der Waals surface area contributed by atoms with Gasteiger partial charge in [0.1, 0.15) is 0 Å². The van der Waals surface area contributed by atoms with E-state index in [1.807, 2.05) is 6.07 Å². The van der Waals surface area contributed by atoms with Crippen LogP contribution in [0.2, 0.25) is 0 Å². The molecule has 2 heterocycles. The molecular formula is C43H31N3. The number of aromatic nitrogens is 2. The van der Waals surface area contributed by atoms with Gasteiger partial charge in [-0.3, -0.25) is 0 Å². The van der Waals surface area contributed by atoms with Gasteiger partial charge in [-0.1, -0.05) is 123 Å². The summed E-state index contributed by atoms with van der Waals surface area (Å²) in [5, 5.41) is 9.66. The molecule has 0 saturated heterocycles. The molecule has 1 aliphatic rings. The minimum absolute atomic E-state index is 0.330. The number of nitrogens with one attached hydrogen (secondary N) is 1. The van der Waals surface area contributed by atoms with E-state index in [0.717, 1.165) is 55.9 Å². The Labute approximate surface area is 268 Å². The van der Waals surface area contributed by atoms with Crippen LogP contribution in [0.4, 0.5) is 11.4 Å². The zero-order valence-corrected chi connectivity index (χ0v) is 25.8. The quantitative estimate of drug-likeness (QED) is 0.218. The molecule has 1 aromatic heterocycles. The zero-order chi connectivity index (χ0) is 30.8. The average molecular weight is 590 g/mol. The van der Waals surface area contributed by atoms with Crippen LogP contribution in [0, 0.1) is 0 Å². The molecule has 0 saturated carbocycles. The van der Waals surface area contributed by atoms with Gasteiger partial charge in [0.25, 0.3) is 0 Å². The lowest BCUT2D eigenvalue weighted by atomic mass is 9.74. The maximum absolute atomic E-state index is 5.34. The van der Waals surface area contributed by atoms with E-state index < -0.39 is 0 Å². The van der Waals surface area contributed by atoms with E-state index in [1.165, 1.54) is 32.8 Å². The highest BCUT2D eigenvalue weighted by molar-refractivity contribution is 6.07. The molecule has 1 aliphatic heterocycles. The van der Waals surface area contributed by atoms with E-state index in [2.05, 4.69) is 159 Å². The summed E-state index contributed by atoms with van der Waals surface area (Å²) in [7, 11) is 0. The van der Waals surface area contributed by atoms with Crippen molar-refractivity contribution in [3.8, 4) is 33.8 Å².